The van der Waals surface area contributed by atoms with Gasteiger partial charge in [-0.25, -0.2) is 15.3 Å². The second-order valence-electron chi connectivity index (χ2n) is 4.62. The molecule has 0 spiro atoms. The number of rotatable bonds is 7. The Hall–Kier alpha value is -3.63. The number of nitrogens with zero attached hydrogens (tertiary/aromatic N) is 2. The Bertz CT molecular complexity index is 888. The Balaban J connectivity index is 1.90. The summed E-state index contributed by atoms with van der Waals surface area (Å²) in [7, 11) is 3.04. The summed E-state index contributed by atoms with van der Waals surface area (Å²) in [5, 5.41) is 11.8. The predicted octanol–water partition coefficient (Wildman–Crippen LogP) is -0.962. The SMILES string of the molecule is COc1ccc(C=NNC(=O)CNc2n[nH]c(=O)[nH]c2=O)cc1OC. The minimum Gasteiger partial charge on any atom is -0.493 e. The van der Waals surface area contributed by atoms with Crippen molar-refractivity contribution in [2.75, 3.05) is 26.1 Å². The molecule has 0 aliphatic rings. The lowest BCUT2D eigenvalue weighted by Crippen LogP contribution is -2.31. The maximum absolute atomic E-state index is 11.7. The third-order valence-electron chi connectivity index (χ3n) is 2.94. The summed E-state index contributed by atoms with van der Waals surface area (Å²) in [4.78, 5) is 35.8. The normalized spacial score (nSPS) is 10.5. The Kier molecular flexibility index (Phi) is 5.87. The maximum Gasteiger partial charge on any atom is 0.342 e. The van der Waals surface area contributed by atoms with Crippen LogP contribution in [0, 0.1) is 0 Å². The number of aromatic nitrogens is 3. The van der Waals surface area contributed by atoms with Gasteiger partial charge in [-0.05, 0) is 23.8 Å². The number of hydrogen-bond acceptors (Lipinski definition) is 8. The summed E-state index contributed by atoms with van der Waals surface area (Å²) in [5.74, 6) is 0.414. The Morgan fingerprint density at radius 3 is 2.72 bits per heavy atom. The van der Waals surface area contributed by atoms with E-state index >= 15 is 0 Å². The molecule has 0 aliphatic carbocycles. The highest BCUT2D eigenvalue weighted by Gasteiger charge is 2.05. The maximum atomic E-state index is 11.7. The summed E-state index contributed by atoms with van der Waals surface area (Å²) in [6.45, 7) is -0.259. The number of nitrogens with one attached hydrogen (secondary N) is 4. The lowest BCUT2D eigenvalue weighted by atomic mass is 10.2. The van der Waals surface area contributed by atoms with Crippen molar-refractivity contribution in [2.24, 2.45) is 5.10 Å². The molecule has 2 aromatic rings. The van der Waals surface area contributed by atoms with Crippen molar-refractivity contribution < 1.29 is 14.3 Å². The number of hydrogen-bond donors (Lipinski definition) is 4. The molecule has 0 aliphatic heterocycles. The van der Waals surface area contributed by atoms with Crippen LogP contribution >= 0.6 is 0 Å². The third-order valence-corrected chi connectivity index (χ3v) is 2.94. The van der Waals surface area contributed by atoms with Gasteiger partial charge in [-0.3, -0.25) is 14.6 Å². The van der Waals surface area contributed by atoms with Gasteiger partial charge >= 0.3 is 5.69 Å². The molecule has 0 fully saturated rings. The van der Waals surface area contributed by atoms with Gasteiger partial charge in [-0.2, -0.15) is 5.10 Å². The van der Waals surface area contributed by atoms with Gasteiger partial charge in [0.1, 0.15) is 0 Å². The van der Waals surface area contributed by atoms with E-state index in [1.165, 1.54) is 20.4 Å². The largest absolute Gasteiger partial charge is 0.493 e. The Morgan fingerprint density at radius 2 is 2.04 bits per heavy atom. The first-order chi connectivity index (χ1) is 12.0. The second kappa shape index (κ2) is 8.29. The van der Waals surface area contributed by atoms with Gasteiger partial charge in [-0.1, -0.05) is 0 Å². The molecule has 0 unspecified atom stereocenters. The highest BCUT2D eigenvalue weighted by molar-refractivity contribution is 5.84. The standard InChI is InChI=1S/C14H16N6O5/c1-24-9-4-3-8(5-10(9)25-2)6-16-18-11(21)7-15-12-13(22)17-14(23)20-19-12/h3-6H,7H2,1-2H3,(H,15,19)(H,18,21)(H2,17,20,22,23). The highest BCUT2D eigenvalue weighted by Crippen LogP contribution is 2.26. The molecule has 0 radical (unpaired) electrons. The molecule has 4 N–H and O–H groups in total. The molecule has 25 heavy (non-hydrogen) atoms. The number of carbonyl (C=O) groups is 1. The molecule has 2 rings (SSSR count). The van der Waals surface area contributed by atoms with Gasteiger partial charge in [0.15, 0.2) is 11.5 Å². The minimum absolute atomic E-state index is 0.182. The van der Waals surface area contributed by atoms with Crippen LogP contribution in [0.3, 0.4) is 0 Å². The molecule has 1 aromatic carbocycles. The van der Waals surface area contributed by atoms with Crippen LogP contribution in [-0.2, 0) is 4.79 Å². The fraction of sp³-hybridized carbons (Fsp3) is 0.214. The van der Waals surface area contributed by atoms with E-state index in [4.69, 9.17) is 9.47 Å². The molecule has 1 amide bonds. The van der Waals surface area contributed by atoms with E-state index in [1.807, 2.05) is 10.1 Å². The summed E-state index contributed by atoms with van der Waals surface area (Å²) in [6, 6.07) is 5.13. The smallest absolute Gasteiger partial charge is 0.342 e. The van der Waals surface area contributed by atoms with Crippen LogP contribution in [0.1, 0.15) is 5.56 Å². The van der Waals surface area contributed by atoms with Crippen LogP contribution in [0.25, 0.3) is 0 Å². The summed E-state index contributed by atoms with van der Waals surface area (Å²) >= 11 is 0. The molecule has 11 heteroatoms. The van der Waals surface area contributed by atoms with Crippen molar-refractivity contribution >= 4 is 17.9 Å². The summed E-state index contributed by atoms with van der Waals surface area (Å²) < 4.78 is 10.3. The second-order valence-corrected chi connectivity index (χ2v) is 4.62. The Labute approximate surface area is 141 Å². The molecule has 11 nitrogen and oxygen atoms in total. The first-order valence-electron chi connectivity index (χ1n) is 7.00. The van der Waals surface area contributed by atoms with Crippen LogP contribution in [0.15, 0.2) is 32.9 Å². The van der Waals surface area contributed by atoms with Crippen molar-refractivity contribution in [1.82, 2.24) is 20.6 Å². The van der Waals surface area contributed by atoms with E-state index in [1.54, 1.807) is 18.2 Å². The van der Waals surface area contributed by atoms with E-state index in [-0.39, 0.29) is 12.4 Å². The number of methoxy groups -OCH3 is 2. The van der Waals surface area contributed by atoms with Crippen molar-refractivity contribution in [3.05, 3.63) is 44.6 Å². The van der Waals surface area contributed by atoms with Crippen LogP contribution < -0.4 is 31.5 Å². The van der Waals surface area contributed by atoms with E-state index < -0.39 is 17.2 Å². The van der Waals surface area contributed by atoms with Gasteiger partial charge in [0.2, 0.25) is 5.82 Å². The topological polar surface area (TPSA) is 151 Å². The highest BCUT2D eigenvalue weighted by atomic mass is 16.5. The third kappa shape index (κ3) is 4.92. The zero-order chi connectivity index (χ0) is 18.2. The Morgan fingerprint density at radius 1 is 1.28 bits per heavy atom. The lowest BCUT2D eigenvalue weighted by molar-refractivity contribution is -0.119. The van der Waals surface area contributed by atoms with Crippen molar-refractivity contribution in [2.45, 2.75) is 0 Å². The lowest BCUT2D eigenvalue weighted by Gasteiger charge is -2.07. The summed E-state index contributed by atoms with van der Waals surface area (Å²) in [5.41, 5.74) is 1.50. The summed E-state index contributed by atoms with van der Waals surface area (Å²) in [6.07, 6.45) is 1.42. The van der Waals surface area contributed by atoms with E-state index in [0.29, 0.717) is 17.1 Å². The number of hydrazone groups is 1. The number of H-pyrrole nitrogens is 2. The molecule has 0 saturated heterocycles. The average Bonchev–Trinajstić information content (AvgIpc) is 2.60. The minimum atomic E-state index is -0.737. The van der Waals surface area contributed by atoms with Gasteiger partial charge in [0.05, 0.1) is 27.0 Å². The first-order valence-corrected chi connectivity index (χ1v) is 7.00. The molecule has 132 valence electrons. The van der Waals surface area contributed by atoms with Gasteiger partial charge in [-0.15, -0.1) is 5.10 Å². The fourth-order valence-electron chi connectivity index (χ4n) is 1.78. The van der Waals surface area contributed by atoms with E-state index in [0.717, 1.165) is 0 Å². The molecule has 1 aromatic heterocycles. The molecule has 1 heterocycles. The van der Waals surface area contributed by atoms with Crippen LogP contribution in [0.2, 0.25) is 0 Å². The monoisotopic (exact) mass is 348 g/mol. The first kappa shape index (κ1) is 17.7. The quantitative estimate of drug-likeness (QED) is 0.371. The van der Waals surface area contributed by atoms with Gasteiger partial charge in [0, 0.05) is 0 Å². The molecular formula is C14H16N6O5. The zero-order valence-electron chi connectivity index (χ0n) is 13.5. The van der Waals surface area contributed by atoms with E-state index in [2.05, 4.69) is 20.9 Å². The number of aromatic amines is 2. The van der Waals surface area contributed by atoms with E-state index in [9.17, 15) is 14.4 Å². The van der Waals surface area contributed by atoms with Crippen LogP contribution in [0.5, 0.6) is 11.5 Å². The number of ether oxygens (including phenoxy) is 2. The van der Waals surface area contributed by atoms with Crippen LogP contribution in [-0.4, -0.2) is 48.1 Å². The van der Waals surface area contributed by atoms with Gasteiger partial charge in [0.25, 0.3) is 11.5 Å². The number of amides is 1. The van der Waals surface area contributed by atoms with Gasteiger partial charge < -0.3 is 14.8 Å². The number of benzene rings is 1. The molecule has 0 atom stereocenters. The predicted molar refractivity (Wildman–Crippen MR) is 89.3 cm³/mol. The van der Waals surface area contributed by atoms with Crippen molar-refractivity contribution in [3.63, 3.8) is 0 Å². The number of carbonyl (C=O) groups excluding carboxylic acids is 1. The van der Waals surface area contributed by atoms with Crippen molar-refractivity contribution in [3.8, 4) is 11.5 Å². The molecule has 0 saturated carbocycles. The van der Waals surface area contributed by atoms with Crippen LogP contribution in [0.4, 0.5) is 5.82 Å². The number of anilines is 1. The molecule has 0 bridgehead atoms. The average molecular weight is 348 g/mol. The zero-order valence-corrected chi connectivity index (χ0v) is 13.5. The fourth-order valence-corrected chi connectivity index (χ4v) is 1.78. The molecular weight excluding hydrogens is 332 g/mol. The van der Waals surface area contributed by atoms with Crippen molar-refractivity contribution in [1.29, 1.82) is 0 Å².